The number of carbonyl (C=O) groups is 1. The lowest BCUT2D eigenvalue weighted by molar-refractivity contribution is -0.116. The molecule has 7 heteroatoms. The molecule has 0 aliphatic rings. The van der Waals surface area contributed by atoms with Crippen LogP contribution in [0.15, 0.2) is 83.3 Å². The predicted octanol–water partition coefficient (Wildman–Crippen LogP) is 5.25. The second-order valence-electron chi connectivity index (χ2n) is 7.28. The summed E-state index contributed by atoms with van der Waals surface area (Å²) in [4.78, 5) is 11.9. The van der Waals surface area contributed by atoms with Crippen molar-refractivity contribution in [3.05, 3.63) is 112 Å². The fraction of sp³-hybridized carbons (Fsp3) is 0.192. The number of hydrogen-bond donors (Lipinski definition) is 2. The number of rotatable bonds is 11. The standard InChI is InChI=1S/C26H25BrF2N2O2/c27-22-8-1-19(2-9-22)3-14-25(32)31-16-15-30-17-18-33-26(20-4-10-23(28)11-5-20)21-6-12-24(29)13-7-21/h1-14,26,30H,15-18H2,(H,31,32)/b14-3+. The predicted molar refractivity (Wildman–Crippen MR) is 130 cm³/mol. The summed E-state index contributed by atoms with van der Waals surface area (Å²) in [6.45, 7) is 2.00. The number of ether oxygens (including phenoxy) is 1. The Morgan fingerprint density at radius 3 is 2.00 bits per heavy atom. The van der Waals surface area contributed by atoms with Crippen LogP contribution in [0.4, 0.5) is 8.78 Å². The summed E-state index contributed by atoms with van der Waals surface area (Å²) < 4.78 is 33.6. The van der Waals surface area contributed by atoms with E-state index < -0.39 is 6.10 Å². The lowest BCUT2D eigenvalue weighted by atomic mass is 10.0. The molecule has 0 spiro atoms. The van der Waals surface area contributed by atoms with Crippen LogP contribution >= 0.6 is 15.9 Å². The maximum atomic E-state index is 13.3. The molecule has 0 unspecified atom stereocenters. The molecule has 2 N–H and O–H groups in total. The zero-order valence-corrected chi connectivity index (χ0v) is 19.5. The summed E-state index contributed by atoms with van der Waals surface area (Å²) in [5.74, 6) is -0.817. The number of nitrogens with one attached hydrogen (secondary N) is 2. The van der Waals surface area contributed by atoms with Gasteiger partial charge in [0.2, 0.25) is 5.91 Å². The lowest BCUT2D eigenvalue weighted by Crippen LogP contribution is -2.32. The van der Waals surface area contributed by atoms with Gasteiger partial charge in [0.15, 0.2) is 0 Å². The van der Waals surface area contributed by atoms with E-state index in [2.05, 4.69) is 26.6 Å². The Kier molecular flexibility index (Phi) is 9.75. The summed E-state index contributed by atoms with van der Waals surface area (Å²) in [5, 5.41) is 6.03. The number of halogens is 3. The molecule has 0 aromatic heterocycles. The highest BCUT2D eigenvalue weighted by molar-refractivity contribution is 9.10. The Labute approximate surface area is 200 Å². The zero-order valence-electron chi connectivity index (χ0n) is 17.9. The van der Waals surface area contributed by atoms with E-state index in [1.807, 2.05) is 24.3 Å². The third kappa shape index (κ3) is 8.53. The van der Waals surface area contributed by atoms with Crippen molar-refractivity contribution in [2.24, 2.45) is 0 Å². The summed E-state index contributed by atoms with van der Waals surface area (Å²) >= 11 is 3.38. The molecule has 0 heterocycles. The minimum atomic E-state index is -0.434. The fourth-order valence-electron chi connectivity index (χ4n) is 3.11. The first-order chi connectivity index (χ1) is 16.0. The van der Waals surface area contributed by atoms with Crippen LogP contribution in [0.25, 0.3) is 6.08 Å². The summed E-state index contributed by atoms with van der Waals surface area (Å²) in [7, 11) is 0. The number of hydrogen-bond acceptors (Lipinski definition) is 3. The Hall–Kier alpha value is -2.87. The molecule has 0 fully saturated rings. The lowest BCUT2D eigenvalue weighted by Gasteiger charge is -2.19. The van der Waals surface area contributed by atoms with Crippen molar-refractivity contribution in [3.8, 4) is 0 Å². The van der Waals surface area contributed by atoms with E-state index in [0.717, 1.165) is 21.2 Å². The molecule has 0 aliphatic carbocycles. The molecule has 0 saturated carbocycles. The average Bonchev–Trinajstić information content (AvgIpc) is 2.82. The van der Waals surface area contributed by atoms with Crippen LogP contribution in [0.3, 0.4) is 0 Å². The topological polar surface area (TPSA) is 50.4 Å². The van der Waals surface area contributed by atoms with E-state index in [0.29, 0.717) is 26.2 Å². The molecule has 0 aliphatic heterocycles. The molecular weight excluding hydrogens is 490 g/mol. The van der Waals surface area contributed by atoms with Crippen molar-refractivity contribution >= 4 is 27.9 Å². The van der Waals surface area contributed by atoms with Crippen LogP contribution in [-0.4, -0.2) is 32.1 Å². The molecule has 3 aromatic carbocycles. The largest absolute Gasteiger partial charge is 0.367 e. The smallest absolute Gasteiger partial charge is 0.244 e. The molecule has 1 amide bonds. The first kappa shape index (κ1) is 24.8. The van der Waals surface area contributed by atoms with Gasteiger partial charge in [-0.25, -0.2) is 8.78 Å². The van der Waals surface area contributed by atoms with Crippen molar-refractivity contribution in [1.29, 1.82) is 0 Å². The van der Waals surface area contributed by atoms with Crippen molar-refractivity contribution < 1.29 is 18.3 Å². The van der Waals surface area contributed by atoms with Gasteiger partial charge in [0, 0.05) is 30.2 Å². The van der Waals surface area contributed by atoms with Gasteiger partial charge in [0.05, 0.1) is 6.61 Å². The summed E-state index contributed by atoms with van der Waals surface area (Å²) in [6, 6.07) is 19.8. The van der Waals surface area contributed by atoms with E-state index in [1.54, 1.807) is 30.3 Å². The Morgan fingerprint density at radius 1 is 0.848 bits per heavy atom. The fourth-order valence-corrected chi connectivity index (χ4v) is 3.38. The van der Waals surface area contributed by atoms with E-state index in [1.165, 1.54) is 30.3 Å². The molecule has 3 aromatic rings. The SMILES string of the molecule is O=C(/C=C/c1ccc(Br)cc1)NCCNCCOC(c1ccc(F)cc1)c1ccc(F)cc1. The maximum Gasteiger partial charge on any atom is 0.244 e. The minimum absolute atomic E-state index is 0.163. The normalized spacial score (nSPS) is 11.3. The van der Waals surface area contributed by atoms with Crippen LogP contribution in [0.5, 0.6) is 0 Å². The van der Waals surface area contributed by atoms with Gasteiger partial charge >= 0.3 is 0 Å². The van der Waals surface area contributed by atoms with E-state index in [9.17, 15) is 13.6 Å². The minimum Gasteiger partial charge on any atom is -0.367 e. The van der Waals surface area contributed by atoms with Gasteiger partial charge in [0.25, 0.3) is 0 Å². The van der Waals surface area contributed by atoms with Gasteiger partial charge < -0.3 is 15.4 Å². The van der Waals surface area contributed by atoms with Crippen LogP contribution in [-0.2, 0) is 9.53 Å². The van der Waals surface area contributed by atoms with E-state index in [4.69, 9.17) is 4.74 Å². The van der Waals surface area contributed by atoms with Crippen molar-refractivity contribution in [3.63, 3.8) is 0 Å². The third-order valence-electron chi connectivity index (χ3n) is 4.81. The summed E-state index contributed by atoms with van der Waals surface area (Å²) in [5.41, 5.74) is 2.51. The highest BCUT2D eigenvalue weighted by atomic mass is 79.9. The molecule has 0 saturated heterocycles. The van der Waals surface area contributed by atoms with Gasteiger partial charge in [-0.05, 0) is 59.2 Å². The highest BCUT2D eigenvalue weighted by Gasteiger charge is 2.15. The molecule has 33 heavy (non-hydrogen) atoms. The van der Waals surface area contributed by atoms with Gasteiger partial charge in [-0.1, -0.05) is 52.3 Å². The van der Waals surface area contributed by atoms with Gasteiger partial charge in [-0.3, -0.25) is 4.79 Å². The number of benzene rings is 3. The van der Waals surface area contributed by atoms with Crippen LogP contribution < -0.4 is 10.6 Å². The van der Waals surface area contributed by atoms with Gasteiger partial charge in [0.1, 0.15) is 17.7 Å². The number of amides is 1. The van der Waals surface area contributed by atoms with Crippen molar-refractivity contribution in [2.75, 3.05) is 26.2 Å². The molecular formula is C26H25BrF2N2O2. The van der Waals surface area contributed by atoms with Gasteiger partial charge in [-0.2, -0.15) is 0 Å². The average molecular weight is 515 g/mol. The zero-order chi connectivity index (χ0) is 23.5. The molecule has 0 atom stereocenters. The third-order valence-corrected chi connectivity index (χ3v) is 5.34. The summed E-state index contributed by atoms with van der Waals surface area (Å²) in [6.07, 6.45) is 2.83. The first-order valence-corrected chi connectivity index (χ1v) is 11.4. The second kappa shape index (κ2) is 13.0. The second-order valence-corrected chi connectivity index (χ2v) is 8.20. The molecule has 0 radical (unpaired) electrons. The monoisotopic (exact) mass is 514 g/mol. The Balaban J connectivity index is 1.39. The first-order valence-electron chi connectivity index (χ1n) is 10.6. The Morgan fingerprint density at radius 2 is 1.42 bits per heavy atom. The molecule has 4 nitrogen and oxygen atoms in total. The van der Waals surface area contributed by atoms with E-state index in [-0.39, 0.29) is 17.5 Å². The molecule has 172 valence electrons. The van der Waals surface area contributed by atoms with Gasteiger partial charge in [-0.15, -0.1) is 0 Å². The van der Waals surface area contributed by atoms with E-state index >= 15 is 0 Å². The molecule has 0 bridgehead atoms. The van der Waals surface area contributed by atoms with Crippen LogP contribution in [0, 0.1) is 11.6 Å². The quantitative estimate of drug-likeness (QED) is 0.271. The van der Waals surface area contributed by atoms with Crippen molar-refractivity contribution in [1.82, 2.24) is 10.6 Å². The Bertz CT molecular complexity index is 994. The highest BCUT2D eigenvalue weighted by Crippen LogP contribution is 2.26. The van der Waals surface area contributed by atoms with Crippen LogP contribution in [0.1, 0.15) is 22.8 Å². The number of carbonyl (C=O) groups excluding carboxylic acids is 1. The molecule has 3 rings (SSSR count). The van der Waals surface area contributed by atoms with Crippen LogP contribution in [0.2, 0.25) is 0 Å². The maximum absolute atomic E-state index is 13.3. The van der Waals surface area contributed by atoms with Crippen molar-refractivity contribution in [2.45, 2.75) is 6.10 Å².